The average Bonchev–Trinajstić information content (AvgIpc) is 2.77. The number of carbonyl (C=O) groups excluding carboxylic acids is 2. The Morgan fingerprint density at radius 3 is 2.59 bits per heavy atom. The van der Waals surface area contributed by atoms with Gasteiger partial charge in [0.15, 0.2) is 0 Å². The Morgan fingerprint density at radius 1 is 1.47 bits per heavy atom. The summed E-state index contributed by atoms with van der Waals surface area (Å²) in [5.74, 6) is -0.620. The van der Waals surface area contributed by atoms with Crippen molar-refractivity contribution in [3.63, 3.8) is 0 Å². The van der Waals surface area contributed by atoms with Crippen LogP contribution in [0.15, 0.2) is 5.38 Å². The lowest BCUT2D eigenvalue weighted by Gasteiger charge is -2.10. The molecule has 6 nitrogen and oxygen atoms in total. The number of hydrogen-bond acceptors (Lipinski definition) is 5. The van der Waals surface area contributed by atoms with E-state index in [4.69, 9.17) is 5.73 Å². The van der Waals surface area contributed by atoms with Gasteiger partial charge in [0.2, 0.25) is 5.91 Å². The van der Waals surface area contributed by atoms with E-state index in [2.05, 4.69) is 15.6 Å². The minimum absolute atomic E-state index is 0.196. The molecule has 1 aromatic heterocycles. The number of hydrogen-bond donors (Lipinski definition) is 3. The van der Waals surface area contributed by atoms with Gasteiger partial charge in [0, 0.05) is 12.4 Å². The SMILES string of the molecule is CNC(=O)C(C)NC(=O)c1csc(C(C)N)n1. The molecule has 0 fully saturated rings. The van der Waals surface area contributed by atoms with E-state index in [1.54, 1.807) is 19.2 Å². The van der Waals surface area contributed by atoms with Crippen molar-refractivity contribution in [3.8, 4) is 0 Å². The topological polar surface area (TPSA) is 97.1 Å². The minimum atomic E-state index is -0.590. The normalized spacial score (nSPS) is 13.9. The van der Waals surface area contributed by atoms with Crippen molar-refractivity contribution in [1.82, 2.24) is 15.6 Å². The molecule has 0 aliphatic rings. The zero-order valence-corrected chi connectivity index (χ0v) is 10.8. The van der Waals surface area contributed by atoms with Gasteiger partial charge in [0.05, 0.1) is 6.04 Å². The van der Waals surface area contributed by atoms with Crippen molar-refractivity contribution in [3.05, 3.63) is 16.1 Å². The molecule has 0 saturated carbocycles. The zero-order chi connectivity index (χ0) is 13.0. The molecule has 2 amide bonds. The first-order valence-corrected chi connectivity index (χ1v) is 6.07. The summed E-state index contributed by atoms with van der Waals surface area (Å²) in [5, 5.41) is 7.33. The van der Waals surface area contributed by atoms with Crippen molar-refractivity contribution in [1.29, 1.82) is 0 Å². The highest BCUT2D eigenvalue weighted by Crippen LogP contribution is 2.15. The van der Waals surface area contributed by atoms with Gasteiger partial charge in [0.1, 0.15) is 16.7 Å². The van der Waals surface area contributed by atoms with Crippen molar-refractivity contribution in [2.45, 2.75) is 25.9 Å². The van der Waals surface area contributed by atoms with Gasteiger partial charge in [-0.15, -0.1) is 11.3 Å². The average molecular weight is 256 g/mol. The standard InChI is InChI=1S/C10H16N4O2S/c1-5(11)10-14-7(4-17-10)9(16)13-6(2)8(15)12-3/h4-6H,11H2,1-3H3,(H,12,15)(H,13,16). The second-order valence-corrected chi connectivity index (χ2v) is 4.56. The predicted molar refractivity (Wildman–Crippen MR) is 65.7 cm³/mol. The minimum Gasteiger partial charge on any atom is -0.357 e. The molecular formula is C10H16N4O2S. The van der Waals surface area contributed by atoms with Crippen LogP contribution in [0.5, 0.6) is 0 Å². The van der Waals surface area contributed by atoms with E-state index < -0.39 is 6.04 Å². The maximum absolute atomic E-state index is 11.7. The van der Waals surface area contributed by atoms with Crippen LogP contribution in [0.2, 0.25) is 0 Å². The van der Waals surface area contributed by atoms with Crippen molar-refractivity contribution in [2.75, 3.05) is 7.05 Å². The van der Waals surface area contributed by atoms with Crippen LogP contribution in [0.25, 0.3) is 0 Å². The molecule has 7 heteroatoms. The van der Waals surface area contributed by atoms with Crippen LogP contribution >= 0.6 is 11.3 Å². The lowest BCUT2D eigenvalue weighted by molar-refractivity contribution is -0.122. The smallest absolute Gasteiger partial charge is 0.271 e. The lowest BCUT2D eigenvalue weighted by atomic mass is 10.3. The highest BCUT2D eigenvalue weighted by Gasteiger charge is 2.17. The van der Waals surface area contributed by atoms with Crippen LogP contribution in [-0.4, -0.2) is 29.9 Å². The fourth-order valence-corrected chi connectivity index (χ4v) is 1.91. The van der Waals surface area contributed by atoms with E-state index in [1.807, 2.05) is 0 Å². The van der Waals surface area contributed by atoms with E-state index in [0.29, 0.717) is 5.01 Å². The molecular weight excluding hydrogens is 240 g/mol. The number of amides is 2. The summed E-state index contributed by atoms with van der Waals surface area (Å²) < 4.78 is 0. The first-order valence-electron chi connectivity index (χ1n) is 5.19. The summed E-state index contributed by atoms with van der Waals surface area (Å²) in [5.41, 5.74) is 5.94. The first-order chi connectivity index (χ1) is 7.95. The van der Waals surface area contributed by atoms with Gasteiger partial charge in [-0.05, 0) is 13.8 Å². The molecule has 17 heavy (non-hydrogen) atoms. The Balaban J connectivity index is 2.66. The van der Waals surface area contributed by atoms with E-state index in [0.717, 1.165) is 0 Å². The number of nitrogens with two attached hydrogens (primary N) is 1. The summed E-state index contributed by atoms with van der Waals surface area (Å²) in [6, 6.07) is -0.786. The third-order valence-corrected chi connectivity index (χ3v) is 3.18. The van der Waals surface area contributed by atoms with Gasteiger partial charge < -0.3 is 16.4 Å². The fraction of sp³-hybridized carbons (Fsp3) is 0.500. The maximum Gasteiger partial charge on any atom is 0.271 e. The molecule has 0 aromatic carbocycles. The molecule has 0 aliphatic carbocycles. The number of aromatic nitrogens is 1. The van der Waals surface area contributed by atoms with Crippen molar-refractivity contribution >= 4 is 23.2 Å². The van der Waals surface area contributed by atoms with Gasteiger partial charge in [-0.1, -0.05) is 0 Å². The first kappa shape index (κ1) is 13.6. The number of nitrogens with one attached hydrogen (secondary N) is 2. The number of carbonyl (C=O) groups is 2. The predicted octanol–water partition coefficient (Wildman–Crippen LogP) is 0.0271. The molecule has 0 saturated heterocycles. The Bertz CT molecular complexity index is 416. The van der Waals surface area contributed by atoms with Gasteiger partial charge >= 0.3 is 0 Å². The molecule has 1 heterocycles. The van der Waals surface area contributed by atoms with Crippen molar-refractivity contribution < 1.29 is 9.59 Å². The fourth-order valence-electron chi connectivity index (χ4n) is 1.15. The van der Waals surface area contributed by atoms with Crippen LogP contribution in [0.3, 0.4) is 0 Å². The van der Waals surface area contributed by atoms with E-state index >= 15 is 0 Å². The Hall–Kier alpha value is -1.47. The van der Waals surface area contributed by atoms with Gasteiger partial charge in [-0.2, -0.15) is 0 Å². The number of likely N-dealkylation sites (N-methyl/N-ethyl adjacent to an activating group) is 1. The summed E-state index contributed by atoms with van der Waals surface area (Å²) >= 11 is 1.33. The second-order valence-electron chi connectivity index (χ2n) is 3.67. The zero-order valence-electron chi connectivity index (χ0n) is 9.98. The Kier molecular flexibility index (Phi) is 4.59. The third kappa shape index (κ3) is 3.50. The molecule has 94 valence electrons. The Morgan fingerprint density at radius 2 is 2.12 bits per heavy atom. The van der Waals surface area contributed by atoms with E-state index in [-0.39, 0.29) is 23.6 Å². The molecule has 1 aromatic rings. The third-order valence-electron chi connectivity index (χ3n) is 2.13. The number of rotatable bonds is 4. The second kappa shape index (κ2) is 5.74. The van der Waals surface area contributed by atoms with Crippen LogP contribution in [0.4, 0.5) is 0 Å². The largest absolute Gasteiger partial charge is 0.357 e. The van der Waals surface area contributed by atoms with Crippen LogP contribution < -0.4 is 16.4 Å². The van der Waals surface area contributed by atoms with E-state index in [1.165, 1.54) is 18.4 Å². The molecule has 2 unspecified atom stereocenters. The van der Waals surface area contributed by atoms with Crippen LogP contribution in [-0.2, 0) is 4.79 Å². The highest BCUT2D eigenvalue weighted by molar-refractivity contribution is 7.09. The molecule has 0 radical (unpaired) electrons. The lowest BCUT2D eigenvalue weighted by Crippen LogP contribution is -2.43. The molecule has 4 N–H and O–H groups in total. The van der Waals surface area contributed by atoms with Gasteiger partial charge in [-0.3, -0.25) is 9.59 Å². The molecule has 0 bridgehead atoms. The van der Waals surface area contributed by atoms with E-state index in [9.17, 15) is 9.59 Å². The molecule has 2 atom stereocenters. The highest BCUT2D eigenvalue weighted by atomic mass is 32.1. The van der Waals surface area contributed by atoms with Gasteiger partial charge in [-0.25, -0.2) is 4.98 Å². The summed E-state index contributed by atoms with van der Waals surface area (Å²) in [4.78, 5) is 27.0. The Labute approximate surface area is 104 Å². The summed E-state index contributed by atoms with van der Waals surface area (Å²) in [7, 11) is 1.52. The summed E-state index contributed by atoms with van der Waals surface area (Å²) in [6.07, 6.45) is 0. The maximum atomic E-state index is 11.7. The number of nitrogens with zero attached hydrogens (tertiary/aromatic N) is 1. The molecule has 0 aliphatic heterocycles. The van der Waals surface area contributed by atoms with Crippen LogP contribution in [0.1, 0.15) is 35.4 Å². The van der Waals surface area contributed by atoms with Crippen LogP contribution in [0, 0.1) is 0 Å². The monoisotopic (exact) mass is 256 g/mol. The molecule has 0 spiro atoms. The van der Waals surface area contributed by atoms with Crippen molar-refractivity contribution in [2.24, 2.45) is 5.73 Å². The summed E-state index contributed by atoms with van der Waals surface area (Å²) in [6.45, 7) is 3.41. The van der Waals surface area contributed by atoms with Gasteiger partial charge in [0.25, 0.3) is 5.91 Å². The quantitative estimate of drug-likeness (QED) is 0.708. The number of thiazole rings is 1. The molecule has 1 rings (SSSR count).